The summed E-state index contributed by atoms with van der Waals surface area (Å²) >= 11 is 1.68. The van der Waals surface area contributed by atoms with Crippen LogP contribution >= 0.6 is 11.3 Å². The van der Waals surface area contributed by atoms with Gasteiger partial charge in [0, 0.05) is 24.7 Å². The second kappa shape index (κ2) is 7.54. The van der Waals surface area contributed by atoms with Crippen molar-refractivity contribution in [3.8, 4) is 5.75 Å². The van der Waals surface area contributed by atoms with E-state index in [1.807, 2.05) is 13.0 Å². The Bertz CT molecular complexity index is 583. The Hall–Kier alpha value is -1.43. The highest BCUT2D eigenvalue weighted by atomic mass is 32.1. The van der Waals surface area contributed by atoms with E-state index in [9.17, 15) is 0 Å². The number of hydrogen-bond donors (Lipinski definition) is 1. The zero-order valence-electron chi connectivity index (χ0n) is 13.0. The van der Waals surface area contributed by atoms with Crippen LogP contribution in [0.3, 0.4) is 0 Å². The zero-order valence-corrected chi connectivity index (χ0v) is 13.8. The van der Waals surface area contributed by atoms with Gasteiger partial charge in [-0.1, -0.05) is 12.1 Å². The van der Waals surface area contributed by atoms with Crippen LogP contribution in [-0.2, 0) is 4.74 Å². The molecule has 0 fully saturated rings. The van der Waals surface area contributed by atoms with E-state index in [1.54, 1.807) is 25.6 Å². The van der Waals surface area contributed by atoms with E-state index in [1.165, 1.54) is 5.56 Å². The molecule has 1 unspecified atom stereocenters. The molecule has 0 spiro atoms. The molecular formula is C16H22N2O2S. The van der Waals surface area contributed by atoms with Gasteiger partial charge in [-0.3, -0.25) is 0 Å². The van der Waals surface area contributed by atoms with Crippen molar-refractivity contribution < 1.29 is 9.47 Å². The number of ether oxygens (including phenoxy) is 2. The molecule has 5 heteroatoms. The number of nitrogens with zero attached hydrogens (tertiary/aromatic N) is 1. The fourth-order valence-electron chi connectivity index (χ4n) is 2.24. The minimum absolute atomic E-state index is 0.0865. The van der Waals surface area contributed by atoms with Crippen molar-refractivity contribution in [2.24, 2.45) is 0 Å². The van der Waals surface area contributed by atoms with Gasteiger partial charge in [0.1, 0.15) is 10.8 Å². The lowest BCUT2D eigenvalue weighted by atomic mass is 10.0. The average molecular weight is 306 g/mol. The van der Waals surface area contributed by atoms with Gasteiger partial charge in [-0.2, -0.15) is 0 Å². The predicted octanol–water partition coefficient (Wildman–Crippen LogP) is 3.09. The van der Waals surface area contributed by atoms with Gasteiger partial charge < -0.3 is 14.8 Å². The Morgan fingerprint density at radius 3 is 2.67 bits per heavy atom. The second-order valence-electron chi connectivity index (χ2n) is 4.94. The molecule has 0 bridgehead atoms. The molecule has 1 aromatic carbocycles. The molecule has 114 valence electrons. The van der Waals surface area contributed by atoms with Crippen LogP contribution < -0.4 is 10.1 Å². The number of benzene rings is 1. The van der Waals surface area contributed by atoms with E-state index < -0.39 is 0 Å². The molecule has 1 N–H and O–H groups in total. The quantitative estimate of drug-likeness (QED) is 0.798. The van der Waals surface area contributed by atoms with Crippen molar-refractivity contribution in [2.75, 3.05) is 27.4 Å². The van der Waals surface area contributed by atoms with Crippen LogP contribution in [-0.4, -0.2) is 32.4 Å². The molecule has 0 saturated carbocycles. The van der Waals surface area contributed by atoms with Crippen molar-refractivity contribution >= 4 is 11.3 Å². The minimum atomic E-state index is 0.0865. The molecule has 0 aliphatic rings. The van der Waals surface area contributed by atoms with Crippen LogP contribution in [0.15, 0.2) is 23.6 Å². The van der Waals surface area contributed by atoms with Crippen molar-refractivity contribution in [1.29, 1.82) is 0 Å². The maximum atomic E-state index is 5.33. The zero-order chi connectivity index (χ0) is 15.2. The molecule has 0 amide bonds. The summed E-state index contributed by atoms with van der Waals surface area (Å²) in [6, 6.07) is 6.34. The molecular weight excluding hydrogens is 284 g/mol. The highest BCUT2D eigenvalue weighted by molar-refractivity contribution is 7.09. The maximum absolute atomic E-state index is 5.33. The summed E-state index contributed by atoms with van der Waals surface area (Å²) in [5, 5.41) is 6.67. The molecule has 21 heavy (non-hydrogen) atoms. The third kappa shape index (κ3) is 4.03. The van der Waals surface area contributed by atoms with Gasteiger partial charge in [-0.05, 0) is 31.0 Å². The Morgan fingerprint density at radius 2 is 2.10 bits per heavy atom. The molecule has 2 rings (SSSR count). The van der Waals surface area contributed by atoms with Crippen LogP contribution in [0.4, 0.5) is 0 Å². The smallest absolute Gasteiger partial charge is 0.121 e. The van der Waals surface area contributed by atoms with E-state index in [0.717, 1.165) is 28.6 Å². The largest absolute Gasteiger partial charge is 0.496 e. The molecule has 1 aromatic heterocycles. The lowest BCUT2D eigenvalue weighted by Gasteiger charge is -2.18. The SMILES string of the molecule is COCCNC(c1ccc(OC)c(C)c1)c1nc(C)cs1. The van der Waals surface area contributed by atoms with E-state index in [0.29, 0.717) is 6.61 Å². The van der Waals surface area contributed by atoms with Crippen molar-refractivity contribution in [3.63, 3.8) is 0 Å². The summed E-state index contributed by atoms with van der Waals surface area (Å²) in [6.07, 6.45) is 0. The standard InChI is InChI=1S/C16H22N2O2S/c1-11-9-13(5-6-14(11)20-4)15(17-7-8-19-3)16-18-12(2)10-21-16/h5-6,9-10,15,17H,7-8H2,1-4H3. The lowest BCUT2D eigenvalue weighted by molar-refractivity contribution is 0.197. The van der Waals surface area contributed by atoms with Crippen LogP contribution in [0.2, 0.25) is 0 Å². The average Bonchev–Trinajstić information content (AvgIpc) is 2.90. The van der Waals surface area contributed by atoms with Crippen LogP contribution in [0.5, 0.6) is 5.75 Å². The number of rotatable bonds is 7. The topological polar surface area (TPSA) is 43.4 Å². The van der Waals surface area contributed by atoms with Crippen molar-refractivity contribution in [3.05, 3.63) is 45.4 Å². The van der Waals surface area contributed by atoms with Crippen LogP contribution in [0.1, 0.15) is 27.9 Å². The summed E-state index contributed by atoms with van der Waals surface area (Å²) in [5.41, 5.74) is 3.37. The van der Waals surface area contributed by atoms with E-state index in [4.69, 9.17) is 9.47 Å². The molecule has 4 nitrogen and oxygen atoms in total. The maximum Gasteiger partial charge on any atom is 0.121 e. The Kier molecular flexibility index (Phi) is 5.73. The molecule has 0 saturated heterocycles. The van der Waals surface area contributed by atoms with Crippen LogP contribution in [0.25, 0.3) is 0 Å². The molecule has 0 radical (unpaired) electrons. The molecule has 1 heterocycles. The number of aromatic nitrogens is 1. The van der Waals surface area contributed by atoms with E-state index >= 15 is 0 Å². The fraction of sp³-hybridized carbons (Fsp3) is 0.438. The van der Waals surface area contributed by atoms with Crippen molar-refractivity contribution in [1.82, 2.24) is 10.3 Å². The van der Waals surface area contributed by atoms with Gasteiger partial charge in [-0.25, -0.2) is 4.98 Å². The fourth-order valence-corrected chi connectivity index (χ4v) is 3.14. The van der Waals surface area contributed by atoms with Gasteiger partial charge in [0.15, 0.2) is 0 Å². The first-order valence-corrected chi connectivity index (χ1v) is 7.82. The first-order chi connectivity index (χ1) is 10.2. The second-order valence-corrected chi connectivity index (χ2v) is 5.83. The normalized spacial score (nSPS) is 12.4. The molecule has 1 atom stereocenters. The number of nitrogens with one attached hydrogen (secondary N) is 1. The summed E-state index contributed by atoms with van der Waals surface area (Å²) < 4.78 is 10.5. The summed E-state index contributed by atoms with van der Waals surface area (Å²) in [7, 11) is 3.41. The molecule has 0 aliphatic heterocycles. The lowest BCUT2D eigenvalue weighted by Crippen LogP contribution is -2.26. The Balaban J connectivity index is 2.27. The first-order valence-electron chi connectivity index (χ1n) is 6.94. The first kappa shape index (κ1) is 15.9. The van der Waals surface area contributed by atoms with Gasteiger partial charge >= 0.3 is 0 Å². The number of methoxy groups -OCH3 is 2. The highest BCUT2D eigenvalue weighted by Crippen LogP contribution is 2.28. The van der Waals surface area contributed by atoms with E-state index in [2.05, 4.69) is 34.7 Å². The van der Waals surface area contributed by atoms with Crippen molar-refractivity contribution in [2.45, 2.75) is 19.9 Å². The van der Waals surface area contributed by atoms with Gasteiger partial charge in [0.2, 0.25) is 0 Å². The summed E-state index contributed by atoms with van der Waals surface area (Å²) in [5.74, 6) is 0.907. The summed E-state index contributed by atoms with van der Waals surface area (Å²) in [6.45, 7) is 5.54. The number of thiazole rings is 1. The third-order valence-electron chi connectivity index (χ3n) is 3.29. The summed E-state index contributed by atoms with van der Waals surface area (Å²) in [4.78, 5) is 4.62. The Morgan fingerprint density at radius 1 is 1.29 bits per heavy atom. The minimum Gasteiger partial charge on any atom is -0.496 e. The Labute approximate surface area is 130 Å². The van der Waals surface area contributed by atoms with Gasteiger partial charge in [0.25, 0.3) is 0 Å². The number of hydrogen-bond acceptors (Lipinski definition) is 5. The molecule has 2 aromatic rings. The monoisotopic (exact) mass is 306 g/mol. The predicted molar refractivity (Wildman–Crippen MR) is 86.3 cm³/mol. The number of aryl methyl sites for hydroxylation is 2. The third-order valence-corrected chi connectivity index (χ3v) is 4.32. The van der Waals surface area contributed by atoms with Crippen LogP contribution in [0, 0.1) is 13.8 Å². The highest BCUT2D eigenvalue weighted by Gasteiger charge is 2.17. The van der Waals surface area contributed by atoms with Gasteiger partial charge in [-0.15, -0.1) is 11.3 Å². The van der Waals surface area contributed by atoms with E-state index in [-0.39, 0.29) is 6.04 Å². The van der Waals surface area contributed by atoms with Gasteiger partial charge in [0.05, 0.1) is 19.8 Å². The molecule has 0 aliphatic carbocycles.